The average Bonchev–Trinajstić information content (AvgIpc) is 2.22. The smallest absolute Gasteiger partial charge is 0.123 e. The molecule has 1 aromatic carbocycles. The van der Waals surface area contributed by atoms with Crippen LogP contribution in [0.25, 0.3) is 0 Å². The molecule has 2 nitrogen and oxygen atoms in total. The SMILES string of the molecule is Nc1cc(Cc2ccccc2Cl)ccn1. The zero-order chi connectivity index (χ0) is 10.7. The molecule has 0 unspecified atom stereocenters. The molecule has 0 radical (unpaired) electrons. The van der Waals surface area contributed by atoms with E-state index >= 15 is 0 Å². The molecule has 1 aromatic heterocycles. The van der Waals surface area contributed by atoms with E-state index in [1.807, 2.05) is 36.4 Å². The van der Waals surface area contributed by atoms with Gasteiger partial charge in [0.1, 0.15) is 5.82 Å². The maximum Gasteiger partial charge on any atom is 0.123 e. The molecule has 2 aromatic rings. The molecule has 76 valence electrons. The second-order valence-corrected chi connectivity index (χ2v) is 3.76. The number of anilines is 1. The molecular formula is C12H11ClN2. The summed E-state index contributed by atoms with van der Waals surface area (Å²) in [4.78, 5) is 3.95. The topological polar surface area (TPSA) is 38.9 Å². The molecular weight excluding hydrogens is 208 g/mol. The van der Waals surface area contributed by atoms with Gasteiger partial charge in [0.2, 0.25) is 0 Å². The Balaban J connectivity index is 2.26. The molecule has 2 N–H and O–H groups in total. The van der Waals surface area contributed by atoms with Crippen LogP contribution in [0, 0.1) is 0 Å². The van der Waals surface area contributed by atoms with Gasteiger partial charge in [-0.15, -0.1) is 0 Å². The van der Waals surface area contributed by atoms with Crippen LogP contribution in [-0.4, -0.2) is 4.98 Å². The van der Waals surface area contributed by atoms with Gasteiger partial charge in [-0.3, -0.25) is 0 Å². The standard InChI is InChI=1S/C12H11ClN2/c13-11-4-2-1-3-10(11)7-9-5-6-15-12(14)8-9/h1-6,8H,7H2,(H2,14,15). The summed E-state index contributed by atoms with van der Waals surface area (Å²) in [6.45, 7) is 0. The molecule has 0 amide bonds. The fraction of sp³-hybridized carbons (Fsp3) is 0.0833. The molecule has 0 atom stereocenters. The van der Waals surface area contributed by atoms with Crippen molar-refractivity contribution in [3.8, 4) is 0 Å². The van der Waals surface area contributed by atoms with E-state index in [2.05, 4.69) is 4.98 Å². The number of nitrogens with zero attached hydrogens (tertiary/aromatic N) is 1. The quantitative estimate of drug-likeness (QED) is 0.842. The minimum Gasteiger partial charge on any atom is -0.384 e. The third-order valence-corrected chi connectivity index (χ3v) is 2.57. The Kier molecular flexibility index (Phi) is 2.88. The zero-order valence-corrected chi connectivity index (χ0v) is 8.91. The van der Waals surface area contributed by atoms with Crippen molar-refractivity contribution in [2.45, 2.75) is 6.42 Å². The monoisotopic (exact) mass is 218 g/mol. The van der Waals surface area contributed by atoms with Gasteiger partial charge in [0.25, 0.3) is 0 Å². The fourth-order valence-corrected chi connectivity index (χ4v) is 1.67. The molecule has 3 heteroatoms. The second-order valence-electron chi connectivity index (χ2n) is 3.36. The predicted octanol–water partition coefficient (Wildman–Crippen LogP) is 2.91. The van der Waals surface area contributed by atoms with E-state index in [1.54, 1.807) is 6.20 Å². The number of pyridine rings is 1. The Labute approximate surface area is 93.7 Å². The van der Waals surface area contributed by atoms with Crippen molar-refractivity contribution < 1.29 is 0 Å². The molecule has 0 saturated carbocycles. The van der Waals surface area contributed by atoms with Crippen LogP contribution in [0.15, 0.2) is 42.6 Å². The summed E-state index contributed by atoms with van der Waals surface area (Å²) < 4.78 is 0. The molecule has 1 heterocycles. The first-order chi connectivity index (χ1) is 7.25. The number of hydrogen-bond acceptors (Lipinski definition) is 2. The largest absolute Gasteiger partial charge is 0.384 e. The van der Waals surface area contributed by atoms with Gasteiger partial charge in [0, 0.05) is 11.2 Å². The molecule has 15 heavy (non-hydrogen) atoms. The number of benzene rings is 1. The van der Waals surface area contributed by atoms with Crippen molar-refractivity contribution in [1.82, 2.24) is 4.98 Å². The molecule has 0 aliphatic heterocycles. The van der Waals surface area contributed by atoms with Crippen LogP contribution in [0.1, 0.15) is 11.1 Å². The predicted molar refractivity (Wildman–Crippen MR) is 62.9 cm³/mol. The van der Waals surface area contributed by atoms with Crippen LogP contribution in [0.3, 0.4) is 0 Å². The van der Waals surface area contributed by atoms with E-state index in [-0.39, 0.29) is 0 Å². The van der Waals surface area contributed by atoms with E-state index < -0.39 is 0 Å². The molecule has 0 bridgehead atoms. The number of hydrogen-bond donors (Lipinski definition) is 1. The minimum absolute atomic E-state index is 0.541. The lowest BCUT2D eigenvalue weighted by Crippen LogP contribution is -1.93. The minimum atomic E-state index is 0.541. The number of halogens is 1. The summed E-state index contributed by atoms with van der Waals surface area (Å²) in [6, 6.07) is 11.6. The van der Waals surface area contributed by atoms with Gasteiger partial charge in [0.05, 0.1) is 0 Å². The number of aromatic nitrogens is 1. The second kappa shape index (κ2) is 4.32. The molecule has 0 saturated heterocycles. The summed E-state index contributed by atoms with van der Waals surface area (Å²) in [6.07, 6.45) is 2.49. The Morgan fingerprint density at radius 3 is 2.73 bits per heavy atom. The Morgan fingerprint density at radius 1 is 1.20 bits per heavy atom. The maximum absolute atomic E-state index is 6.07. The first-order valence-electron chi connectivity index (χ1n) is 4.69. The molecule has 0 aliphatic rings. The van der Waals surface area contributed by atoms with Crippen LogP contribution in [0.5, 0.6) is 0 Å². The van der Waals surface area contributed by atoms with Gasteiger partial charge >= 0.3 is 0 Å². The van der Waals surface area contributed by atoms with E-state index in [1.165, 1.54) is 0 Å². The Morgan fingerprint density at radius 2 is 2.00 bits per heavy atom. The van der Waals surface area contributed by atoms with Crippen LogP contribution in [-0.2, 0) is 6.42 Å². The first kappa shape index (κ1) is 9.99. The third-order valence-electron chi connectivity index (χ3n) is 2.20. The van der Waals surface area contributed by atoms with Crippen LogP contribution < -0.4 is 5.73 Å². The molecule has 2 rings (SSSR count). The Hall–Kier alpha value is -1.54. The lowest BCUT2D eigenvalue weighted by molar-refractivity contribution is 1.17. The van der Waals surface area contributed by atoms with Crippen molar-refractivity contribution in [1.29, 1.82) is 0 Å². The Bertz CT molecular complexity index is 469. The summed E-state index contributed by atoms with van der Waals surface area (Å²) in [5.74, 6) is 0.541. The van der Waals surface area contributed by atoms with Crippen LogP contribution >= 0.6 is 11.6 Å². The zero-order valence-electron chi connectivity index (χ0n) is 8.15. The molecule has 0 spiro atoms. The first-order valence-corrected chi connectivity index (χ1v) is 5.07. The van der Waals surface area contributed by atoms with Gasteiger partial charge in [-0.2, -0.15) is 0 Å². The lowest BCUT2D eigenvalue weighted by atomic mass is 10.1. The average molecular weight is 219 g/mol. The van der Waals surface area contributed by atoms with Gasteiger partial charge in [-0.1, -0.05) is 29.8 Å². The highest BCUT2D eigenvalue weighted by molar-refractivity contribution is 6.31. The third kappa shape index (κ3) is 2.48. The van der Waals surface area contributed by atoms with E-state index in [0.29, 0.717) is 5.82 Å². The van der Waals surface area contributed by atoms with E-state index in [9.17, 15) is 0 Å². The van der Waals surface area contributed by atoms with Gasteiger partial charge in [0.15, 0.2) is 0 Å². The van der Waals surface area contributed by atoms with Crippen LogP contribution in [0.2, 0.25) is 5.02 Å². The number of rotatable bonds is 2. The molecule has 0 aliphatic carbocycles. The number of nitrogen functional groups attached to an aromatic ring is 1. The number of nitrogens with two attached hydrogens (primary N) is 1. The highest BCUT2D eigenvalue weighted by atomic mass is 35.5. The van der Waals surface area contributed by atoms with Crippen molar-refractivity contribution >= 4 is 17.4 Å². The summed E-state index contributed by atoms with van der Waals surface area (Å²) in [7, 11) is 0. The highest BCUT2D eigenvalue weighted by Gasteiger charge is 2.01. The highest BCUT2D eigenvalue weighted by Crippen LogP contribution is 2.19. The van der Waals surface area contributed by atoms with Crippen LogP contribution in [0.4, 0.5) is 5.82 Å². The van der Waals surface area contributed by atoms with Crippen molar-refractivity contribution in [3.05, 3.63) is 58.7 Å². The summed E-state index contributed by atoms with van der Waals surface area (Å²) in [5.41, 5.74) is 7.83. The van der Waals surface area contributed by atoms with Crippen molar-refractivity contribution in [2.24, 2.45) is 0 Å². The van der Waals surface area contributed by atoms with E-state index in [0.717, 1.165) is 22.6 Å². The van der Waals surface area contributed by atoms with Crippen molar-refractivity contribution in [2.75, 3.05) is 5.73 Å². The summed E-state index contributed by atoms with van der Waals surface area (Å²) in [5, 5.41) is 0.785. The lowest BCUT2D eigenvalue weighted by Gasteiger charge is -2.04. The fourth-order valence-electron chi connectivity index (χ4n) is 1.47. The van der Waals surface area contributed by atoms with Gasteiger partial charge < -0.3 is 5.73 Å². The van der Waals surface area contributed by atoms with E-state index in [4.69, 9.17) is 17.3 Å². The molecule has 0 fully saturated rings. The maximum atomic E-state index is 6.07. The van der Waals surface area contributed by atoms with Gasteiger partial charge in [-0.05, 0) is 35.7 Å². The van der Waals surface area contributed by atoms with Crippen molar-refractivity contribution in [3.63, 3.8) is 0 Å². The normalized spacial score (nSPS) is 10.2. The summed E-state index contributed by atoms with van der Waals surface area (Å²) >= 11 is 6.07. The van der Waals surface area contributed by atoms with Gasteiger partial charge in [-0.25, -0.2) is 4.98 Å².